The van der Waals surface area contributed by atoms with E-state index >= 15 is 0 Å². The summed E-state index contributed by atoms with van der Waals surface area (Å²) in [7, 11) is 0. The van der Waals surface area contributed by atoms with Crippen molar-refractivity contribution in [3.8, 4) is 0 Å². The summed E-state index contributed by atoms with van der Waals surface area (Å²) in [4.78, 5) is 10.7. The average Bonchev–Trinajstić information content (AvgIpc) is 2.30. The van der Waals surface area contributed by atoms with Crippen molar-refractivity contribution in [2.24, 2.45) is 17.8 Å². The van der Waals surface area contributed by atoms with Crippen LogP contribution in [-0.2, 0) is 4.79 Å². The normalized spacial score (nSPS) is 41.9. The summed E-state index contributed by atoms with van der Waals surface area (Å²) in [5, 5.41) is 0. The van der Waals surface area contributed by atoms with Gasteiger partial charge in [-0.1, -0.05) is 11.6 Å². The molecule has 0 aromatic heterocycles. The highest BCUT2D eigenvalue weighted by atomic mass is 16.1. The van der Waals surface area contributed by atoms with E-state index in [1.165, 1.54) is 18.4 Å². The number of rotatable bonds is 1. The Kier molecular flexibility index (Phi) is 1.59. The lowest BCUT2D eigenvalue weighted by atomic mass is 9.78. The zero-order valence-corrected chi connectivity index (χ0v) is 6.92. The Morgan fingerprint density at radius 3 is 3.09 bits per heavy atom. The second-order valence-electron chi connectivity index (χ2n) is 3.89. The third kappa shape index (κ3) is 1.03. The van der Waals surface area contributed by atoms with Gasteiger partial charge in [0.25, 0.3) is 0 Å². The van der Waals surface area contributed by atoms with Gasteiger partial charge >= 0.3 is 0 Å². The summed E-state index contributed by atoms with van der Waals surface area (Å²) in [6.45, 7) is 2.17. The van der Waals surface area contributed by atoms with E-state index in [2.05, 4.69) is 13.0 Å². The van der Waals surface area contributed by atoms with E-state index in [9.17, 15) is 4.79 Å². The largest absolute Gasteiger partial charge is 0.303 e. The van der Waals surface area contributed by atoms with Gasteiger partial charge in [-0.25, -0.2) is 0 Å². The molecule has 2 aliphatic carbocycles. The van der Waals surface area contributed by atoms with Crippen LogP contribution in [0.5, 0.6) is 0 Å². The predicted octanol–water partition coefficient (Wildman–Crippen LogP) is 2.18. The van der Waals surface area contributed by atoms with E-state index in [0.717, 1.165) is 18.6 Å². The van der Waals surface area contributed by atoms with Gasteiger partial charge in [-0.05, 0) is 38.0 Å². The van der Waals surface area contributed by atoms with Gasteiger partial charge in [0.1, 0.15) is 6.29 Å². The number of hydrogen-bond acceptors (Lipinski definition) is 1. The number of hydrogen-bond donors (Lipinski definition) is 0. The minimum atomic E-state index is 0.338. The standard InChI is InChI=1S/C10H14O/c1-7-4-8-2-3-9(6-11)10(7)5-8/h4,6,8-10H,2-3,5H2,1H3/t8?,9-,10?/m0/s1. The fraction of sp³-hybridized carbons (Fsp3) is 0.700. The van der Waals surface area contributed by atoms with E-state index in [1.54, 1.807) is 0 Å². The maximum absolute atomic E-state index is 10.7. The molecule has 1 saturated carbocycles. The molecule has 60 valence electrons. The summed E-state index contributed by atoms with van der Waals surface area (Å²) in [6, 6.07) is 0. The van der Waals surface area contributed by atoms with Crippen molar-refractivity contribution in [3.63, 3.8) is 0 Å². The molecule has 3 atom stereocenters. The molecular formula is C10H14O. The third-order valence-electron chi connectivity index (χ3n) is 3.20. The second-order valence-corrected chi connectivity index (χ2v) is 3.89. The van der Waals surface area contributed by atoms with Crippen LogP contribution in [0.1, 0.15) is 26.2 Å². The molecule has 1 nitrogen and oxygen atoms in total. The number of carbonyl (C=O) groups is 1. The molecule has 0 radical (unpaired) electrons. The molecule has 0 saturated heterocycles. The molecule has 11 heavy (non-hydrogen) atoms. The Morgan fingerprint density at radius 2 is 2.36 bits per heavy atom. The molecule has 0 amide bonds. The second kappa shape index (κ2) is 2.47. The molecule has 0 N–H and O–H groups in total. The summed E-state index contributed by atoms with van der Waals surface area (Å²) >= 11 is 0. The molecule has 2 unspecified atom stereocenters. The first-order valence-corrected chi connectivity index (χ1v) is 4.45. The van der Waals surface area contributed by atoms with Crippen LogP contribution in [0, 0.1) is 17.8 Å². The fourth-order valence-corrected chi connectivity index (χ4v) is 2.56. The monoisotopic (exact) mass is 150 g/mol. The van der Waals surface area contributed by atoms with Gasteiger partial charge in [-0.15, -0.1) is 0 Å². The number of fused-ring (bicyclic) bond motifs is 2. The van der Waals surface area contributed by atoms with Crippen LogP contribution < -0.4 is 0 Å². The number of aldehydes is 1. The van der Waals surface area contributed by atoms with Crippen molar-refractivity contribution < 1.29 is 4.79 Å². The van der Waals surface area contributed by atoms with E-state index in [-0.39, 0.29) is 0 Å². The van der Waals surface area contributed by atoms with Crippen molar-refractivity contribution in [2.45, 2.75) is 26.2 Å². The average molecular weight is 150 g/mol. The molecule has 2 aliphatic rings. The highest BCUT2D eigenvalue weighted by Crippen LogP contribution is 2.43. The lowest BCUT2D eigenvalue weighted by molar-refractivity contribution is -0.113. The van der Waals surface area contributed by atoms with Crippen molar-refractivity contribution in [2.75, 3.05) is 0 Å². The number of allylic oxidation sites excluding steroid dienone is 2. The highest BCUT2D eigenvalue weighted by molar-refractivity contribution is 5.56. The van der Waals surface area contributed by atoms with Crippen LogP contribution in [0.25, 0.3) is 0 Å². The molecule has 2 bridgehead atoms. The molecule has 1 heteroatoms. The number of carbonyl (C=O) groups excluding carboxylic acids is 1. The van der Waals surface area contributed by atoms with Crippen molar-refractivity contribution >= 4 is 6.29 Å². The van der Waals surface area contributed by atoms with Gasteiger partial charge in [-0.3, -0.25) is 0 Å². The summed E-state index contributed by atoms with van der Waals surface area (Å²) < 4.78 is 0. The van der Waals surface area contributed by atoms with Gasteiger partial charge in [0.15, 0.2) is 0 Å². The van der Waals surface area contributed by atoms with E-state index in [4.69, 9.17) is 0 Å². The minimum absolute atomic E-state index is 0.338. The molecule has 1 fully saturated rings. The first-order valence-electron chi connectivity index (χ1n) is 4.45. The fourth-order valence-electron chi connectivity index (χ4n) is 2.56. The minimum Gasteiger partial charge on any atom is -0.303 e. The maximum Gasteiger partial charge on any atom is 0.123 e. The van der Waals surface area contributed by atoms with Crippen LogP contribution in [-0.4, -0.2) is 6.29 Å². The zero-order valence-electron chi connectivity index (χ0n) is 6.92. The van der Waals surface area contributed by atoms with E-state index in [1.807, 2.05) is 0 Å². The lowest BCUT2D eigenvalue weighted by Crippen LogP contribution is -2.20. The molecule has 0 heterocycles. The van der Waals surface area contributed by atoms with Gasteiger partial charge < -0.3 is 4.79 Å². The van der Waals surface area contributed by atoms with Gasteiger partial charge in [-0.2, -0.15) is 0 Å². The summed E-state index contributed by atoms with van der Waals surface area (Å²) in [6.07, 6.45) is 7.12. The quantitative estimate of drug-likeness (QED) is 0.413. The summed E-state index contributed by atoms with van der Waals surface area (Å²) in [5.74, 6) is 1.74. The van der Waals surface area contributed by atoms with Gasteiger partial charge in [0.05, 0.1) is 0 Å². The predicted molar refractivity (Wildman–Crippen MR) is 44.1 cm³/mol. The summed E-state index contributed by atoms with van der Waals surface area (Å²) in [5.41, 5.74) is 1.46. The Labute approximate surface area is 67.5 Å². The molecular weight excluding hydrogens is 136 g/mol. The van der Waals surface area contributed by atoms with Crippen molar-refractivity contribution in [1.29, 1.82) is 0 Å². The van der Waals surface area contributed by atoms with E-state index in [0.29, 0.717) is 11.8 Å². The van der Waals surface area contributed by atoms with Gasteiger partial charge in [0.2, 0.25) is 0 Å². The molecule has 0 aromatic rings. The van der Waals surface area contributed by atoms with Crippen molar-refractivity contribution in [1.82, 2.24) is 0 Å². The van der Waals surface area contributed by atoms with Crippen LogP contribution in [0.15, 0.2) is 11.6 Å². The van der Waals surface area contributed by atoms with Crippen LogP contribution in [0.2, 0.25) is 0 Å². The topological polar surface area (TPSA) is 17.1 Å². The molecule has 2 rings (SSSR count). The first-order chi connectivity index (χ1) is 5.31. The lowest BCUT2D eigenvalue weighted by Gasteiger charge is -2.25. The maximum atomic E-state index is 10.7. The Bertz CT molecular complexity index is 205. The van der Waals surface area contributed by atoms with Crippen LogP contribution in [0.4, 0.5) is 0 Å². The van der Waals surface area contributed by atoms with Gasteiger partial charge in [0, 0.05) is 5.92 Å². The molecule has 0 aliphatic heterocycles. The van der Waals surface area contributed by atoms with Crippen LogP contribution >= 0.6 is 0 Å². The smallest absolute Gasteiger partial charge is 0.123 e. The van der Waals surface area contributed by atoms with E-state index < -0.39 is 0 Å². The molecule has 0 spiro atoms. The van der Waals surface area contributed by atoms with Crippen LogP contribution in [0.3, 0.4) is 0 Å². The third-order valence-corrected chi connectivity index (χ3v) is 3.20. The Hall–Kier alpha value is -0.590. The highest BCUT2D eigenvalue weighted by Gasteiger charge is 2.34. The Balaban J connectivity index is 2.20. The zero-order chi connectivity index (χ0) is 7.84. The van der Waals surface area contributed by atoms with Crippen molar-refractivity contribution in [3.05, 3.63) is 11.6 Å². The SMILES string of the molecule is CC1=CC2CC[C@@H](C=O)C1C2. The molecule has 0 aromatic carbocycles. The first kappa shape index (κ1) is 7.08. The Morgan fingerprint density at radius 1 is 1.55 bits per heavy atom.